The third-order valence-electron chi connectivity index (χ3n) is 4.18. The topological polar surface area (TPSA) is 0 Å². The number of rotatable bonds is 6. The molecule has 0 saturated heterocycles. The Morgan fingerprint density at radius 3 is 0.526 bits per heavy atom. The lowest BCUT2D eigenvalue weighted by atomic mass is 10.1. The van der Waals surface area contributed by atoms with E-state index in [-0.39, 0.29) is 7.43 Å². The van der Waals surface area contributed by atoms with Gasteiger partial charge in [-0.3, -0.25) is 0 Å². The second-order valence-electron chi connectivity index (χ2n) is 5.77. The van der Waals surface area contributed by atoms with Gasteiger partial charge in [0.15, 0.2) is 0 Å². The van der Waals surface area contributed by atoms with Crippen molar-refractivity contribution in [3.8, 4) is 0 Å². The molecule has 122 valence electrons. The van der Waals surface area contributed by atoms with Gasteiger partial charge in [-0.1, -0.05) is 108 Å². The fourth-order valence-electron chi connectivity index (χ4n) is 0.866. The van der Waals surface area contributed by atoms with E-state index in [4.69, 9.17) is 0 Å². The van der Waals surface area contributed by atoms with Crippen molar-refractivity contribution in [2.45, 2.75) is 108 Å². The van der Waals surface area contributed by atoms with Gasteiger partial charge in [-0.25, -0.2) is 0 Å². The van der Waals surface area contributed by atoms with Crippen LogP contribution in [0, 0.1) is 17.8 Å². The van der Waals surface area contributed by atoms with Gasteiger partial charge in [0.1, 0.15) is 0 Å². The van der Waals surface area contributed by atoms with Crippen LogP contribution in [0.2, 0.25) is 0 Å². The molecule has 0 fully saturated rings. The van der Waals surface area contributed by atoms with Gasteiger partial charge in [0.2, 0.25) is 0 Å². The van der Waals surface area contributed by atoms with Crippen molar-refractivity contribution in [3.63, 3.8) is 0 Å². The molecule has 0 aromatic heterocycles. The molecule has 0 heterocycles. The van der Waals surface area contributed by atoms with Crippen molar-refractivity contribution in [3.05, 3.63) is 0 Å². The SMILES string of the molecule is C.CCC(C)CC.CCC(C)CC.CCC(C)CC. The maximum Gasteiger partial charge on any atom is -0.0448 e. The van der Waals surface area contributed by atoms with Gasteiger partial charge < -0.3 is 0 Å². The first-order chi connectivity index (χ1) is 8.42. The largest absolute Gasteiger partial charge is 0.0776 e. The molecule has 0 aromatic carbocycles. The highest BCUT2D eigenvalue weighted by atomic mass is 14.0. The average molecular weight is 275 g/mol. The molecular weight excluding hydrogens is 228 g/mol. The zero-order valence-corrected chi connectivity index (χ0v) is 15.0. The van der Waals surface area contributed by atoms with Crippen molar-refractivity contribution in [2.75, 3.05) is 0 Å². The van der Waals surface area contributed by atoms with E-state index in [1.165, 1.54) is 38.5 Å². The lowest BCUT2D eigenvalue weighted by molar-refractivity contribution is 0.544. The summed E-state index contributed by atoms with van der Waals surface area (Å²) in [6, 6.07) is 0. The van der Waals surface area contributed by atoms with Crippen LogP contribution < -0.4 is 0 Å². The molecule has 0 rings (SSSR count). The molecule has 0 bridgehead atoms. The van der Waals surface area contributed by atoms with E-state index < -0.39 is 0 Å². The monoisotopic (exact) mass is 274 g/mol. The molecule has 0 N–H and O–H groups in total. The first-order valence-electron chi connectivity index (χ1n) is 8.42. The zero-order valence-electron chi connectivity index (χ0n) is 15.0. The molecule has 0 aliphatic heterocycles. The molecule has 0 aromatic rings. The van der Waals surface area contributed by atoms with Gasteiger partial charge in [0, 0.05) is 0 Å². The fourth-order valence-corrected chi connectivity index (χ4v) is 0.866. The predicted molar refractivity (Wildman–Crippen MR) is 96.0 cm³/mol. The summed E-state index contributed by atoms with van der Waals surface area (Å²) in [6.07, 6.45) is 7.98. The molecule has 0 atom stereocenters. The standard InChI is InChI=1S/3C6H14.CH4/c3*1-4-6(3)5-2;/h3*6H,4-5H2,1-3H3;1H4. The minimum absolute atomic E-state index is 0. The number of hydrogen-bond donors (Lipinski definition) is 0. The van der Waals surface area contributed by atoms with E-state index >= 15 is 0 Å². The Morgan fingerprint density at radius 1 is 0.421 bits per heavy atom. The van der Waals surface area contributed by atoms with E-state index in [1.54, 1.807) is 0 Å². The molecule has 0 aliphatic carbocycles. The second kappa shape index (κ2) is 23.1. The van der Waals surface area contributed by atoms with E-state index in [1.807, 2.05) is 0 Å². The molecule has 0 unspecified atom stereocenters. The molecule has 19 heavy (non-hydrogen) atoms. The van der Waals surface area contributed by atoms with E-state index in [0.29, 0.717) is 0 Å². The second-order valence-corrected chi connectivity index (χ2v) is 5.77. The Hall–Kier alpha value is 0. The highest BCUT2D eigenvalue weighted by Gasteiger charge is 1.89. The Kier molecular flexibility index (Phi) is 33.3. The van der Waals surface area contributed by atoms with Gasteiger partial charge in [-0.05, 0) is 17.8 Å². The predicted octanol–water partition coefficient (Wildman–Crippen LogP) is 7.96. The zero-order chi connectivity index (χ0) is 15.0. The summed E-state index contributed by atoms with van der Waals surface area (Å²) in [7, 11) is 0. The fraction of sp³-hybridized carbons (Fsp3) is 1.00. The summed E-state index contributed by atoms with van der Waals surface area (Å²) >= 11 is 0. The van der Waals surface area contributed by atoms with E-state index in [0.717, 1.165) is 17.8 Å². The minimum atomic E-state index is 0. The first-order valence-corrected chi connectivity index (χ1v) is 8.42. The van der Waals surface area contributed by atoms with Crippen LogP contribution in [0.3, 0.4) is 0 Å². The van der Waals surface area contributed by atoms with Crippen LogP contribution in [-0.4, -0.2) is 0 Å². The van der Waals surface area contributed by atoms with Crippen LogP contribution in [-0.2, 0) is 0 Å². The van der Waals surface area contributed by atoms with Crippen LogP contribution in [0.4, 0.5) is 0 Å². The van der Waals surface area contributed by atoms with Crippen molar-refractivity contribution in [1.29, 1.82) is 0 Å². The average Bonchev–Trinajstić information content (AvgIpc) is 2.45. The number of hydrogen-bond acceptors (Lipinski definition) is 0. The molecular formula is C19H46. The molecule has 0 aliphatic rings. The molecule has 0 saturated carbocycles. The quantitative estimate of drug-likeness (QED) is 0.460. The van der Waals surface area contributed by atoms with Crippen molar-refractivity contribution >= 4 is 0 Å². The third-order valence-corrected chi connectivity index (χ3v) is 4.18. The summed E-state index contributed by atoms with van der Waals surface area (Å²) in [5, 5.41) is 0. The summed E-state index contributed by atoms with van der Waals surface area (Å²) < 4.78 is 0. The lowest BCUT2D eigenvalue weighted by Crippen LogP contribution is -1.85. The maximum absolute atomic E-state index is 2.28. The Labute approximate surface area is 126 Å². The summed E-state index contributed by atoms with van der Waals surface area (Å²) in [4.78, 5) is 0. The van der Waals surface area contributed by atoms with Crippen molar-refractivity contribution in [1.82, 2.24) is 0 Å². The van der Waals surface area contributed by atoms with Crippen molar-refractivity contribution < 1.29 is 0 Å². The van der Waals surface area contributed by atoms with E-state index in [2.05, 4.69) is 62.3 Å². The summed E-state index contributed by atoms with van der Waals surface area (Å²) in [6.45, 7) is 20.2. The van der Waals surface area contributed by atoms with Crippen LogP contribution in [0.5, 0.6) is 0 Å². The van der Waals surface area contributed by atoms with Gasteiger partial charge in [0.05, 0.1) is 0 Å². The highest BCUT2D eigenvalue weighted by Crippen LogP contribution is 2.03. The van der Waals surface area contributed by atoms with Gasteiger partial charge in [0.25, 0.3) is 0 Å². The maximum atomic E-state index is 2.28. The molecule has 0 nitrogen and oxygen atoms in total. The van der Waals surface area contributed by atoms with Crippen molar-refractivity contribution in [2.24, 2.45) is 17.8 Å². The summed E-state index contributed by atoms with van der Waals surface area (Å²) in [5.74, 6) is 2.81. The summed E-state index contributed by atoms with van der Waals surface area (Å²) in [5.41, 5.74) is 0. The van der Waals surface area contributed by atoms with Crippen LogP contribution >= 0.6 is 0 Å². The van der Waals surface area contributed by atoms with Crippen LogP contribution in [0.1, 0.15) is 108 Å². The smallest absolute Gasteiger partial charge is 0.0448 e. The minimum Gasteiger partial charge on any atom is -0.0776 e. The van der Waals surface area contributed by atoms with E-state index in [9.17, 15) is 0 Å². The molecule has 0 amide bonds. The molecule has 0 spiro atoms. The van der Waals surface area contributed by atoms with Gasteiger partial charge >= 0.3 is 0 Å². The molecule has 0 radical (unpaired) electrons. The Morgan fingerprint density at radius 2 is 0.526 bits per heavy atom. The molecule has 0 heteroatoms. The Bertz CT molecular complexity index is 81.4. The normalized spacial score (nSPS) is 9.47. The first kappa shape index (κ1) is 27.4. The third kappa shape index (κ3) is 32.0. The van der Waals surface area contributed by atoms with Crippen LogP contribution in [0.15, 0.2) is 0 Å². The van der Waals surface area contributed by atoms with Gasteiger partial charge in [-0.15, -0.1) is 0 Å². The van der Waals surface area contributed by atoms with Gasteiger partial charge in [-0.2, -0.15) is 0 Å². The Balaban J connectivity index is -0.0000000865. The lowest BCUT2D eigenvalue weighted by Gasteiger charge is -1.98. The van der Waals surface area contributed by atoms with Crippen LogP contribution in [0.25, 0.3) is 0 Å². The highest BCUT2D eigenvalue weighted by molar-refractivity contribution is 4.42.